The Bertz CT molecular complexity index is 913. The lowest BCUT2D eigenvalue weighted by Crippen LogP contribution is -2.35. The Hall–Kier alpha value is -3.36. The Kier molecular flexibility index (Phi) is 6.48. The number of nitrogens with one attached hydrogen (secondary N) is 1. The van der Waals surface area contributed by atoms with Crippen molar-refractivity contribution < 1.29 is 18.0 Å². The van der Waals surface area contributed by atoms with E-state index >= 15 is 0 Å². The van der Waals surface area contributed by atoms with E-state index in [0.717, 1.165) is 17.7 Å². The maximum absolute atomic E-state index is 12.9. The molecule has 0 aliphatic carbocycles. The van der Waals surface area contributed by atoms with E-state index in [4.69, 9.17) is 0 Å². The summed E-state index contributed by atoms with van der Waals surface area (Å²) in [5.74, 6) is 0. The first kappa shape index (κ1) is 20.4. The number of amides is 2. The fraction of sp³-hybridized carbons (Fsp3) is 0.250. The summed E-state index contributed by atoms with van der Waals surface area (Å²) in [6.07, 6.45) is 4.65. The van der Waals surface area contributed by atoms with Crippen LogP contribution in [0.5, 0.6) is 0 Å². The molecule has 0 aliphatic heterocycles. The number of halogens is 3. The minimum absolute atomic E-state index is 0.0964. The number of benzene rings is 1. The number of anilines is 1. The first-order chi connectivity index (χ1) is 13.9. The largest absolute Gasteiger partial charge is 0.416 e. The first-order valence-electron chi connectivity index (χ1n) is 8.99. The van der Waals surface area contributed by atoms with Gasteiger partial charge in [0.2, 0.25) is 0 Å². The van der Waals surface area contributed by atoms with Crippen molar-refractivity contribution in [3.63, 3.8) is 0 Å². The summed E-state index contributed by atoms with van der Waals surface area (Å²) < 4.78 is 40.6. The SMILES string of the molecule is O=C(Nc1cccc(C(F)(F)F)c1)N(CCCn1ccnc1)Cc1ccncc1. The number of nitrogens with zero attached hydrogens (tertiary/aromatic N) is 4. The molecule has 0 unspecified atom stereocenters. The molecule has 3 rings (SSSR count). The molecule has 6 nitrogen and oxygen atoms in total. The molecule has 0 spiro atoms. The zero-order valence-corrected chi connectivity index (χ0v) is 15.5. The Morgan fingerprint density at radius 1 is 1.10 bits per heavy atom. The number of rotatable bonds is 7. The lowest BCUT2D eigenvalue weighted by molar-refractivity contribution is -0.137. The van der Waals surface area contributed by atoms with Crippen LogP contribution in [0.2, 0.25) is 0 Å². The molecule has 2 heterocycles. The predicted octanol–water partition coefficient (Wildman–Crippen LogP) is 4.42. The molecule has 0 aliphatic rings. The molecule has 29 heavy (non-hydrogen) atoms. The van der Waals surface area contributed by atoms with E-state index in [-0.39, 0.29) is 5.69 Å². The van der Waals surface area contributed by atoms with Gasteiger partial charge in [0, 0.05) is 50.1 Å². The standard InChI is InChI=1S/C20H20F3N5O/c21-20(22,23)17-3-1-4-18(13-17)26-19(29)28(14-16-5-7-24-8-6-16)11-2-10-27-12-9-25-15-27/h1,3-9,12-13,15H,2,10-11,14H2,(H,26,29). The van der Waals surface area contributed by atoms with Crippen molar-refractivity contribution >= 4 is 11.7 Å². The summed E-state index contributed by atoms with van der Waals surface area (Å²) in [5, 5.41) is 2.57. The summed E-state index contributed by atoms with van der Waals surface area (Å²) in [7, 11) is 0. The molecule has 3 aromatic rings. The molecule has 0 radical (unpaired) electrons. The minimum atomic E-state index is -4.47. The van der Waals surface area contributed by atoms with Gasteiger partial charge in [-0.2, -0.15) is 13.2 Å². The fourth-order valence-electron chi connectivity index (χ4n) is 2.80. The van der Waals surface area contributed by atoms with Gasteiger partial charge in [0.1, 0.15) is 0 Å². The number of pyridine rings is 1. The van der Waals surface area contributed by atoms with Crippen LogP contribution in [0.15, 0.2) is 67.5 Å². The quantitative estimate of drug-likeness (QED) is 0.635. The van der Waals surface area contributed by atoms with Gasteiger partial charge in [-0.1, -0.05) is 6.07 Å². The summed E-state index contributed by atoms with van der Waals surface area (Å²) in [6.45, 7) is 1.41. The van der Waals surface area contributed by atoms with E-state index in [0.29, 0.717) is 26.1 Å². The van der Waals surface area contributed by atoms with Gasteiger partial charge in [0.15, 0.2) is 0 Å². The second kappa shape index (κ2) is 9.22. The van der Waals surface area contributed by atoms with Crippen molar-refractivity contribution in [2.75, 3.05) is 11.9 Å². The van der Waals surface area contributed by atoms with Gasteiger partial charge in [0.25, 0.3) is 0 Å². The molecule has 0 bridgehead atoms. The Balaban J connectivity index is 1.69. The zero-order chi connectivity index (χ0) is 20.7. The Labute approximate surface area is 166 Å². The minimum Gasteiger partial charge on any atom is -0.337 e. The van der Waals surface area contributed by atoms with E-state index < -0.39 is 17.8 Å². The normalized spacial score (nSPS) is 11.3. The molecule has 1 aromatic carbocycles. The highest BCUT2D eigenvalue weighted by Crippen LogP contribution is 2.30. The molecular formula is C20H20F3N5O. The number of carbonyl (C=O) groups excluding carboxylic acids is 1. The van der Waals surface area contributed by atoms with Gasteiger partial charge < -0.3 is 14.8 Å². The molecule has 152 valence electrons. The molecular weight excluding hydrogens is 383 g/mol. The van der Waals surface area contributed by atoms with Crippen molar-refractivity contribution in [2.24, 2.45) is 0 Å². The number of carbonyl (C=O) groups is 1. The van der Waals surface area contributed by atoms with Crippen LogP contribution in [0.3, 0.4) is 0 Å². The number of imidazole rings is 1. The second-order valence-electron chi connectivity index (χ2n) is 6.44. The number of hydrogen-bond acceptors (Lipinski definition) is 3. The van der Waals surface area contributed by atoms with Crippen molar-refractivity contribution in [1.29, 1.82) is 0 Å². The molecule has 0 saturated carbocycles. The molecule has 0 saturated heterocycles. The second-order valence-corrected chi connectivity index (χ2v) is 6.44. The van der Waals surface area contributed by atoms with Crippen LogP contribution < -0.4 is 5.32 Å². The average molecular weight is 403 g/mol. The third-order valence-electron chi connectivity index (χ3n) is 4.25. The number of aromatic nitrogens is 3. The monoisotopic (exact) mass is 403 g/mol. The van der Waals surface area contributed by atoms with Crippen LogP contribution in [0.4, 0.5) is 23.7 Å². The molecule has 0 atom stereocenters. The van der Waals surface area contributed by atoms with Crippen LogP contribution in [-0.2, 0) is 19.3 Å². The lowest BCUT2D eigenvalue weighted by atomic mass is 10.2. The maximum atomic E-state index is 12.9. The molecule has 2 aromatic heterocycles. The van der Waals surface area contributed by atoms with Gasteiger partial charge in [-0.05, 0) is 42.3 Å². The average Bonchev–Trinajstić information content (AvgIpc) is 3.21. The van der Waals surface area contributed by atoms with E-state index in [1.165, 1.54) is 12.1 Å². The number of aryl methyl sites for hydroxylation is 1. The van der Waals surface area contributed by atoms with Crippen LogP contribution in [0.1, 0.15) is 17.5 Å². The third kappa shape index (κ3) is 6.06. The molecule has 9 heteroatoms. The summed E-state index contributed by atoms with van der Waals surface area (Å²) in [5.41, 5.74) is 0.164. The first-order valence-corrected chi connectivity index (χ1v) is 8.99. The number of urea groups is 1. The summed E-state index contributed by atoms with van der Waals surface area (Å²) in [4.78, 5) is 22.3. The van der Waals surface area contributed by atoms with Gasteiger partial charge in [-0.15, -0.1) is 0 Å². The van der Waals surface area contributed by atoms with Crippen molar-refractivity contribution in [3.8, 4) is 0 Å². The number of hydrogen-bond donors (Lipinski definition) is 1. The molecule has 2 amide bonds. The van der Waals surface area contributed by atoms with Gasteiger partial charge >= 0.3 is 12.2 Å². The van der Waals surface area contributed by atoms with Crippen LogP contribution in [0, 0.1) is 0 Å². The van der Waals surface area contributed by atoms with Crippen LogP contribution in [0.25, 0.3) is 0 Å². The highest BCUT2D eigenvalue weighted by Gasteiger charge is 2.30. The topological polar surface area (TPSA) is 63.1 Å². The van der Waals surface area contributed by atoms with E-state index in [1.54, 1.807) is 42.0 Å². The Morgan fingerprint density at radius 2 is 1.90 bits per heavy atom. The van der Waals surface area contributed by atoms with Crippen LogP contribution in [-0.4, -0.2) is 32.0 Å². The van der Waals surface area contributed by atoms with Gasteiger partial charge in [0.05, 0.1) is 11.9 Å². The van der Waals surface area contributed by atoms with E-state index in [1.807, 2.05) is 10.8 Å². The summed E-state index contributed by atoms with van der Waals surface area (Å²) in [6, 6.07) is 7.71. The van der Waals surface area contributed by atoms with Gasteiger partial charge in [-0.3, -0.25) is 4.98 Å². The lowest BCUT2D eigenvalue weighted by Gasteiger charge is -2.23. The van der Waals surface area contributed by atoms with Crippen LogP contribution >= 0.6 is 0 Å². The Morgan fingerprint density at radius 3 is 2.59 bits per heavy atom. The van der Waals surface area contributed by atoms with E-state index in [2.05, 4.69) is 15.3 Å². The molecule has 0 fully saturated rings. The maximum Gasteiger partial charge on any atom is 0.416 e. The van der Waals surface area contributed by atoms with E-state index in [9.17, 15) is 18.0 Å². The van der Waals surface area contributed by atoms with Crippen molar-refractivity contribution in [1.82, 2.24) is 19.4 Å². The van der Waals surface area contributed by atoms with Crippen molar-refractivity contribution in [2.45, 2.75) is 25.7 Å². The highest BCUT2D eigenvalue weighted by atomic mass is 19.4. The zero-order valence-electron chi connectivity index (χ0n) is 15.5. The highest BCUT2D eigenvalue weighted by molar-refractivity contribution is 5.89. The smallest absolute Gasteiger partial charge is 0.337 e. The molecule has 1 N–H and O–H groups in total. The third-order valence-corrected chi connectivity index (χ3v) is 4.25. The predicted molar refractivity (Wildman–Crippen MR) is 102 cm³/mol. The van der Waals surface area contributed by atoms with Gasteiger partial charge in [-0.25, -0.2) is 9.78 Å². The van der Waals surface area contributed by atoms with Crippen molar-refractivity contribution in [3.05, 3.63) is 78.6 Å². The number of alkyl halides is 3. The summed E-state index contributed by atoms with van der Waals surface area (Å²) >= 11 is 0. The fourth-order valence-corrected chi connectivity index (χ4v) is 2.80.